The van der Waals surface area contributed by atoms with Crippen LogP contribution in [-0.4, -0.2) is 143 Å². The maximum atomic E-state index is 11.6. The number of hydroxylamine groups is 4. The first-order valence-corrected chi connectivity index (χ1v) is 15.1. The average Bonchev–Trinajstić information content (AvgIpc) is 3.56. The van der Waals surface area contributed by atoms with Crippen molar-refractivity contribution in [3.63, 3.8) is 0 Å². The fraction of sp³-hybridized carbons (Fsp3) is 0.500. The van der Waals surface area contributed by atoms with Crippen molar-refractivity contribution in [1.29, 1.82) is 0 Å². The second-order valence-electron chi connectivity index (χ2n) is 9.21. The van der Waals surface area contributed by atoms with Gasteiger partial charge in [0.15, 0.2) is 12.2 Å². The highest BCUT2D eigenvalue weighted by Crippen LogP contribution is 2.35. The van der Waals surface area contributed by atoms with E-state index in [2.05, 4.69) is 9.68 Å². The number of aliphatic hydroxyl groups is 2. The first-order chi connectivity index (χ1) is 21.4. The van der Waals surface area contributed by atoms with Crippen LogP contribution in [0.4, 0.5) is 0 Å². The molecule has 0 aromatic carbocycles. The van der Waals surface area contributed by atoms with Crippen molar-refractivity contribution in [3.05, 3.63) is 0 Å². The smallest absolute Gasteiger partial charge is 0.364 e. The predicted octanol–water partition coefficient (Wildman–Crippen LogP) is -5.93. The maximum absolute atomic E-state index is 11.6. The molecule has 3 aliphatic heterocycles. The van der Waals surface area contributed by atoms with Gasteiger partial charge in [0, 0.05) is 38.5 Å². The highest BCUT2D eigenvalue weighted by molar-refractivity contribution is 7.92. The van der Waals surface area contributed by atoms with Crippen LogP contribution in [0.1, 0.15) is 38.5 Å². The summed E-state index contributed by atoms with van der Waals surface area (Å²) in [6.45, 7) is 0. The quantitative estimate of drug-likeness (QED) is 0.0854. The van der Waals surface area contributed by atoms with Gasteiger partial charge in [-0.15, -0.1) is 10.1 Å². The third-order valence-electron chi connectivity index (χ3n) is 6.12. The fourth-order valence-corrected chi connectivity index (χ4v) is 6.61. The van der Waals surface area contributed by atoms with Crippen molar-refractivity contribution in [1.82, 2.24) is 15.0 Å². The Kier molecular flexibility index (Phi) is 11.2. The zero-order chi connectivity index (χ0) is 36.4. The Morgan fingerprint density at radius 2 is 0.915 bits per heavy atom. The molecule has 3 saturated heterocycles. The van der Waals surface area contributed by atoms with Crippen LogP contribution in [0.3, 0.4) is 0 Å². The number of hydrogen-bond donors (Lipinski definition) is 6. The van der Waals surface area contributed by atoms with Crippen LogP contribution in [0, 0.1) is 0 Å². The molecule has 0 bridgehead atoms. The summed E-state index contributed by atoms with van der Waals surface area (Å²) >= 11 is 0. The van der Waals surface area contributed by atoms with Gasteiger partial charge in [0.25, 0.3) is 33.7 Å². The van der Waals surface area contributed by atoms with Gasteiger partial charge in [-0.1, -0.05) is 0 Å². The van der Waals surface area contributed by atoms with E-state index in [0.29, 0.717) is 0 Å². The Bertz CT molecular complexity index is 1570. The van der Waals surface area contributed by atoms with E-state index in [9.17, 15) is 79.5 Å². The molecule has 3 rings (SSSR count). The second-order valence-corrected chi connectivity index (χ2v) is 12.3. The number of carbonyl (C=O) groups is 10. The van der Waals surface area contributed by atoms with Crippen molar-refractivity contribution in [2.75, 3.05) is 0 Å². The molecule has 25 nitrogen and oxygen atoms in total. The summed E-state index contributed by atoms with van der Waals surface area (Å²) in [5.41, 5.74) is 0. The monoisotopic (exact) mass is 719 g/mol. The number of likely N-dealkylation sites (tertiary alicyclic amines) is 1. The highest BCUT2D eigenvalue weighted by Gasteiger charge is 2.72. The largest absolute Gasteiger partial charge is 0.480 e. The maximum Gasteiger partial charge on any atom is 0.364 e. The summed E-state index contributed by atoms with van der Waals surface area (Å²) in [6, 6.07) is 0. The number of aliphatic hydroxyl groups excluding tert-OH is 2. The van der Waals surface area contributed by atoms with Crippen molar-refractivity contribution >= 4 is 79.6 Å². The van der Waals surface area contributed by atoms with Gasteiger partial charge in [-0.2, -0.15) is 16.8 Å². The Balaban J connectivity index is 0.000000327. The number of hydrogen-bond acceptors (Lipinski definition) is 18. The third-order valence-corrected chi connectivity index (χ3v) is 8.78. The van der Waals surface area contributed by atoms with E-state index >= 15 is 0 Å². The first kappa shape index (κ1) is 38.2. The molecule has 0 radical (unpaired) electrons. The minimum Gasteiger partial charge on any atom is -0.480 e. The molecule has 260 valence electrons. The fourth-order valence-electron chi connectivity index (χ4n) is 3.99. The number of carboxylic acids is 2. The predicted molar refractivity (Wildman–Crippen MR) is 132 cm³/mol. The molecule has 6 N–H and O–H groups in total. The number of carbonyl (C=O) groups excluding carboxylic acids is 8. The van der Waals surface area contributed by atoms with Gasteiger partial charge in [0.05, 0.1) is 0 Å². The van der Waals surface area contributed by atoms with Crippen LogP contribution in [0.25, 0.3) is 0 Å². The van der Waals surface area contributed by atoms with Crippen LogP contribution in [-0.2, 0) is 77.9 Å². The van der Waals surface area contributed by atoms with Gasteiger partial charge in [0.1, 0.15) is 0 Å². The molecule has 0 saturated carbocycles. The van der Waals surface area contributed by atoms with Crippen LogP contribution < -0.4 is 0 Å². The zero-order valence-corrected chi connectivity index (χ0v) is 24.5. The minimum absolute atomic E-state index is 0.108. The number of carboxylic acid groups (broad SMARTS) is 2. The molecule has 4 atom stereocenters. The molecule has 4 unspecified atom stereocenters. The Morgan fingerprint density at radius 3 is 1.15 bits per heavy atom. The van der Waals surface area contributed by atoms with Crippen molar-refractivity contribution < 1.29 is 104 Å². The average molecular weight is 720 g/mol. The lowest BCUT2D eigenvalue weighted by Crippen LogP contribution is -2.71. The normalized spacial score (nSPS) is 20.3. The third kappa shape index (κ3) is 7.55. The molecular formula is C20H21N3O22S2. The zero-order valence-electron chi connectivity index (χ0n) is 22.8. The number of rotatable bonds is 11. The van der Waals surface area contributed by atoms with Gasteiger partial charge < -0.3 is 30.1 Å². The van der Waals surface area contributed by atoms with Gasteiger partial charge in [-0.05, 0) is 0 Å². The number of nitrogens with zero attached hydrogens (tertiary/aromatic N) is 3. The van der Waals surface area contributed by atoms with E-state index in [-0.39, 0.29) is 35.8 Å². The summed E-state index contributed by atoms with van der Waals surface area (Å²) in [5, 5.41) is 33.5. The van der Waals surface area contributed by atoms with Gasteiger partial charge in [0.2, 0.25) is 17.1 Å². The van der Waals surface area contributed by atoms with Crippen LogP contribution in [0.5, 0.6) is 0 Å². The SMILES string of the molecule is O=C(O)C(C(C(=O)O)(N1C(=O)CCC1=O)S(=O)(=O)O)S(=O)(=O)O.O=C(ON1C(=O)CCC1=O)C(O)C(O)C(=O)ON1C(=O)CCC1=O. The molecular weight excluding hydrogens is 698 g/mol. The van der Waals surface area contributed by atoms with E-state index in [1.165, 1.54) is 0 Å². The van der Waals surface area contributed by atoms with Gasteiger partial charge in [-0.3, -0.25) is 42.7 Å². The Labute approximate surface area is 259 Å². The standard InChI is InChI=1S/C12H12N2O10.C8H9NO12S2/c15-5-1-2-6(16)13(5)23-11(21)9(19)10(20)12(22)24-14-7(17)3-4-8(14)18;10-3-1-2-4(11)9(3)8(7(14)15,23(19,20)21)5(6(12)13)22(16,17)18/h9-10,19-20H,1-4H2;5H,1-2H2,(H,12,13)(H,14,15)(H,16,17,18)(H,19,20,21). The van der Waals surface area contributed by atoms with Crippen molar-refractivity contribution in [2.24, 2.45) is 0 Å². The number of amides is 6. The molecule has 3 heterocycles. The van der Waals surface area contributed by atoms with Gasteiger partial charge >= 0.3 is 38.9 Å². The molecule has 3 aliphatic rings. The topological polar surface area (TPSA) is 389 Å². The Hall–Kier alpha value is -4.96. The van der Waals surface area contributed by atoms with Gasteiger partial charge in [-0.25, -0.2) is 19.3 Å². The van der Waals surface area contributed by atoms with E-state index < -0.39 is 120 Å². The lowest BCUT2D eigenvalue weighted by molar-refractivity contribution is -0.216. The lowest BCUT2D eigenvalue weighted by atomic mass is 10.1. The van der Waals surface area contributed by atoms with E-state index in [1.807, 2.05) is 0 Å². The molecule has 0 aliphatic carbocycles. The lowest BCUT2D eigenvalue weighted by Gasteiger charge is -2.35. The van der Waals surface area contributed by atoms with E-state index in [4.69, 9.17) is 14.8 Å². The molecule has 6 amide bonds. The van der Waals surface area contributed by atoms with Crippen molar-refractivity contribution in [3.8, 4) is 0 Å². The van der Waals surface area contributed by atoms with Crippen LogP contribution in [0.15, 0.2) is 0 Å². The first-order valence-electron chi connectivity index (χ1n) is 12.2. The van der Waals surface area contributed by atoms with E-state index in [0.717, 1.165) is 0 Å². The number of aliphatic carboxylic acids is 2. The molecule has 0 aromatic heterocycles. The molecule has 47 heavy (non-hydrogen) atoms. The Morgan fingerprint density at radius 1 is 0.617 bits per heavy atom. The highest BCUT2D eigenvalue weighted by atomic mass is 32.2. The summed E-state index contributed by atoms with van der Waals surface area (Å²) < 4.78 is 63.7. The van der Waals surface area contributed by atoms with E-state index in [1.54, 1.807) is 0 Å². The second kappa shape index (κ2) is 13.8. The minimum atomic E-state index is -6.24. The summed E-state index contributed by atoms with van der Waals surface area (Å²) in [7, 11) is -12.2. The molecule has 0 aromatic rings. The van der Waals surface area contributed by atoms with Crippen LogP contribution in [0.2, 0.25) is 0 Å². The molecule has 3 fully saturated rings. The van der Waals surface area contributed by atoms with Crippen molar-refractivity contribution in [2.45, 2.75) is 60.9 Å². The summed E-state index contributed by atoms with van der Waals surface area (Å²) in [5.74, 6) is -15.3. The summed E-state index contributed by atoms with van der Waals surface area (Å²) in [4.78, 5) is 117. The van der Waals surface area contributed by atoms with Crippen LogP contribution >= 0.6 is 0 Å². The molecule has 27 heteroatoms. The summed E-state index contributed by atoms with van der Waals surface area (Å²) in [6.07, 6.45) is -7.27. The molecule has 0 spiro atoms. The number of imide groups is 3.